The minimum absolute atomic E-state index is 0.138. The molecule has 0 aliphatic carbocycles. The van der Waals surface area contributed by atoms with Crippen LogP contribution in [0.2, 0.25) is 0 Å². The number of nitrogens with zero attached hydrogens (tertiary/aromatic N) is 3. The fourth-order valence-corrected chi connectivity index (χ4v) is 3.36. The topological polar surface area (TPSA) is 78.7 Å². The van der Waals surface area contributed by atoms with Crippen LogP contribution >= 0.6 is 11.8 Å². The van der Waals surface area contributed by atoms with E-state index in [1.165, 1.54) is 11.8 Å². The molecule has 1 aromatic heterocycles. The Morgan fingerprint density at radius 2 is 2.00 bits per heavy atom. The number of para-hydroxylation sites is 1. The first-order valence-corrected chi connectivity index (χ1v) is 8.66. The largest absolute Gasteiger partial charge is 0.325 e. The van der Waals surface area contributed by atoms with Gasteiger partial charge in [0.2, 0.25) is 5.91 Å². The van der Waals surface area contributed by atoms with Crippen molar-refractivity contribution in [1.82, 2.24) is 9.97 Å². The van der Waals surface area contributed by atoms with Crippen molar-refractivity contribution < 1.29 is 4.79 Å². The number of benzene rings is 2. The van der Waals surface area contributed by atoms with Crippen LogP contribution in [0.3, 0.4) is 0 Å². The van der Waals surface area contributed by atoms with E-state index in [1.54, 1.807) is 24.3 Å². The summed E-state index contributed by atoms with van der Waals surface area (Å²) in [5.74, 6) is 0.538. The second kappa shape index (κ2) is 7.32. The number of aryl methyl sites for hydroxylation is 1. The van der Waals surface area contributed by atoms with E-state index in [1.807, 2.05) is 38.1 Å². The van der Waals surface area contributed by atoms with Gasteiger partial charge in [0.1, 0.15) is 10.9 Å². The summed E-state index contributed by atoms with van der Waals surface area (Å²) in [5, 5.41) is 13.2. The summed E-state index contributed by atoms with van der Waals surface area (Å²) < 4.78 is 0. The van der Waals surface area contributed by atoms with Crippen LogP contribution in [0.5, 0.6) is 0 Å². The number of amides is 1. The van der Waals surface area contributed by atoms with Gasteiger partial charge in [0.15, 0.2) is 0 Å². The lowest BCUT2D eigenvalue weighted by molar-refractivity contribution is -0.115. The van der Waals surface area contributed by atoms with Gasteiger partial charge in [-0.25, -0.2) is 9.97 Å². The first-order chi connectivity index (χ1) is 12.1. The second-order valence-corrected chi connectivity index (χ2v) is 6.86. The van der Waals surface area contributed by atoms with Gasteiger partial charge in [-0.2, -0.15) is 5.26 Å². The van der Waals surface area contributed by atoms with Gasteiger partial charge in [0, 0.05) is 11.1 Å². The normalized spacial score (nSPS) is 11.7. The minimum atomic E-state index is -0.344. The van der Waals surface area contributed by atoms with Gasteiger partial charge in [0.05, 0.1) is 22.4 Å². The maximum atomic E-state index is 12.5. The smallest absolute Gasteiger partial charge is 0.237 e. The Hall–Kier alpha value is -2.91. The lowest BCUT2D eigenvalue weighted by Gasteiger charge is -2.13. The Morgan fingerprint density at radius 1 is 1.20 bits per heavy atom. The van der Waals surface area contributed by atoms with Crippen LogP contribution in [0.1, 0.15) is 18.3 Å². The third kappa shape index (κ3) is 3.95. The molecule has 25 heavy (non-hydrogen) atoms. The van der Waals surface area contributed by atoms with E-state index in [0.717, 1.165) is 15.9 Å². The number of fused-ring (bicyclic) bond motifs is 1. The Balaban J connectivity index is 1.79. The quantitative estimate of drug-likeness (QED) is 0.571. The Kier molecular flexibility index (Phi) is 4.96. The molecule has 0 spiro atoms. The van der Waals surface area contributed by atoms with Gasteiger partial charge in [-0.1, -0.05) is 36.0 Å². The number of carbonyl (C=O) groups is 1. The fourth-order valence-electron chi connectivity index (χ4n) is 2.38. The summed E-state index contributed by atoms with van der Waals surface area (Å²) in [7, 11) is 0. The van der Waals surface area contributed by atoms with Gasteiger partial charge in [-0.3, -0.25) is 4.79 Å². The van der Waals surface area contributed by atoms with Crippen LogP contribution in [-0.4, -0.2) is 21.1 Å². The molecule has 0 fully saturated rings. The predicted octanol–water partition coefficient (Wildman–Crippen LogP) is 3.93. The molecule has 0 unspecified atom stereocenters. The monoisotopic (exact) mass is 348 g/mol. The van der Waals surface area contributed by atoms with Gasteiger partial charge in [0.25, 0.3) is 0 Å². The third-order valence-electron chi connectivity index (χ3n) is 3.60. The Bertz CT molecular complexity index is 981. The first-order valence-electron chi connectivity index (χ1n) is 7.78. The van der Waals surface area contributed by atoms with Crippen molar-refractivity contribution in [2.45, 2.75) is 24.1 Å². The molecule has 0 aliphatic rings. The average Bonchev–Trinajstić information content (AvgIpc) is 2.61. The molecule has 0 saturated heterocycles. The molecule has 1 amide bonds. The van der Waals surface area contributed by atoms with Gasteiger partial charge >= 0.3 is 0 Å². The van der Waals surface area contributed by atoms with Crippen LogP contribution < -0.4 is 5.32 Å². The highest BCUT2D eigenvalue weighted by Crippen LogP contribution is 2.29. The van der Waals surface area contributed by atoms with Crippen LogP contribution in [-0.2, 0) is 4.79 Å². The van der Waals surface area contributed by atoms with Crippen molar-refractivity contribution in [3.05, 3.63) is 59.9 Å². The molecular formula is C19H16N4OS. The first kappa shape index (κ1) is 16.9. The highest BCUT2D eigenvalue weighted by molar-refractivity contribution is 8.00. The second-order valence-electron chi connectivity index (χ2n) is 5.54. The van der Waals surface area contributed by atoms with Crippen molar-refractivity contribution in [2.75, 3.05) is 5.32 Å². The molecule has 0 aliphatic heterocycles. The summed E-state index contributed by atoms with van der Waals surface area (Å²) in [6.45, 7) is 3.68. The molecule has 2 aromatic carbocycles. The Labute approximate surface area is 150 Å². The molecule has 3 rings (SSSR count). The number of hydrogen-bond donors (Lipinski definition) is 1. The summed E-state index contributed by atoms with van der Waals surface area (Å²) in [5.41, 5.74) is 1.99. The van der Waals surface area contributed by atoms with Crippen molar-refractivity contribution in [3.63, 3.8) is 0 Å². The molecule has 1 heterocycles. The number of thioether (sulfide) groups is 1. The van der Waals surface area contributed by atoms with Crippen molar-refractivity contribution in [1.29, 1.82) is 5.26 Å². The summed E-state index contributed by atoms with van der Waals surface area (Å²) in [6, 6.07) is 16.7. The maximum absolute atomic E-state index is 12.5. The molecule has 0 saturated carbocycles. The fraction of sp³-hybridized carbons (Fsp3) is 0.158. The van der Waals surface area contributed by atoms with Gasteiger partial charge < -0.3 is 5.32 Å². The molecule has 124 valence electrons. The number of hydrogen-bond acceptors (Lipinski definition) is 5. The molecular weight excluding hydrogens is 332 g/mol. The van der Waals surface area contributed by atoms with E-state index in [2.05, 4.69) is 21.4 Å². The number of nitriles is 1. The highest BCUT2D eigenvalue weighted by atomic mass is 32.2. The molecule has 3 aromatic rings. The van der Waals surface area contributed by atoms with Gasteiger partial charge in [-0.15, -0.1) is 0 Å². The van der Waals surface area contributed by atoms with Gasteiger partial charge in [-0.05, 0) is 38.1 Å². The van der Waals surface area contributed by atoms with Crippen molar-refractivity contribution >= 4 is 34.3 Å². The zero-order valence-corrected chi connectivity index (χ0v) is 14.7. The summed E-state index contributed by atoms with van der Waals surface area (Å²) in [6.07, 6.45) is 0. The third-order valence-corrected chi connectivity index (χ3v) is 4.70. The van der Waals surface area contributed by atoms with E-state index in [9.17, 15) is 4.79 Å². The van der Waals surface area contributed by atoms with Crippen LogP contribution in [0.25, 0.3) is 10.9 Å². The van der Waals surface area contributed by atoms with Crippen LogP contribution in [0.4, 0.5) is 5.69 Å². The zero-order valence-electron chi connectivity index (χ0n) is 13.9. The number of aromatic nitrogens is 2. The summed E-state index contributed by atoms with van der Waals surface area (Å²) >= 11 is 1.40. The Morgan fingerprint density at radius 3 is 2.80 bits per heavy atom. The highest BCUT2D eigenvalue weighted by Gasteiger charge is 2.17. The van der Waals surface area contributed by atoms with E-state index in [-0.39, 0.29) is 11.2 Å². The number of nitrogens with one attached hydrogen (secondary N) is 1. The molecule has 1 atom stereocenters. The molecule has 0 radical (unpaired) electrons. The van der Waals surface area contributed by atoms with E-state index in [4.69, 9.17) is 5.26 Å². The minimum Gasteiger partial charge on any atom is -0.325 e. The zero-order chi connectivity index (χ0) is 17.8. The maximum Gasteiger partial charge on any atom is 0.237 e. The standard InChI is InChI=1S/C19H16N4OS/c1-12(18(24)23-15-7-5-6-14(10-15)11-20)25-19-16-8-3-4-9-17(16)21-13(2)22-19/h3-10,12H,1-2H3,(H,23,24)/t12-/m0/s1. The van der Waals surface area contributed by atoms with Crippen molar-refractivity contribution in [3.8, 4) is 6.07 Å². The number of carbonyl (C=O) groups excluding carboxylic acids is 1. The van der Waals surface area contributed by atoms with Crippen molar-refractivity contribution in [2.24, 2.45) is 0 Å². The number of rotatable bonds is 4. The predicted molar refractivity (Wildman–Crippen MR) is 99.4 cm³/mol. The number of anilines is 1. The summed E-state index contributed by atoms with van der Waals surface area (Å²) in [4.78, 5) is 21.4. The average molecular weight is 348 g/mol. The van der Waals surface area contributed by atoms with Crippen LogP contribution in [0.15, 0.2) is 53.6 Å². The molecule has 1 N–H and O–H groups in total. The molecule has 5 nitrogen and oxygen atoms in total. The molecule has 6 heteroatoms. The van der Waals surface area contributed by atoms with E-state index < -0.39 is 0 Å². The van der Waals surface area contributed by atoms with E-state index in [0.29, 0.717) is 17.1 Å². The van der Waals surface area contributed by atoms with E-state index >= 15 is 0 Å². The van der Waals surface area contributed by atoms with Crippen LogP contribution in [0, 0.1) is 18.3 Å². The SMILES string of the molecule is Cc1nc(S[C@@H](C)C(=O)Nc2cccc(C#N)c2)c2ccccc2n1. The lowest BCUT2D eigenvalue weighted by atomic mass is 10.2. The lowest BCUT2D eigenvalue weighted by Crippen LogP contribution is -2.22. The molecule has 0 bridgehead atoms.